The quantitative estimate of drug-likeness (QED) is 0.701. The van der Waals surface area contributed by atoms with Gasteiger partial charge in [0.2, 0.25) is 5.91 Å². The van der Waals surface area contributed by atoms with Crippen molar-refractivity contribution in [1.29, 1.82) is 0 Å². The number of benzene rings is 2. The van der Waals surface area contributed by atoms with Crippen molar-refractivity contribution in [3.05, 3.63) is 53.8 Å². The van der Waals surface area contributed by atoms with Gasteiger partial charge in [0.25, 0.3) is 0 Å². The molecule has 2 atom stereocenters. The first kappa shape index (κ1) is 22.9. The zero-order valence-corrected chi connectivity index (χ0v) is 18.2. The van der Waals surface area contributed by atoms with Crippen LogP contribution in [0.4, 0.5) is 4.39 Å². The summed E-state index contributed by atoms with van der Waals surface area (Å²) < 4.78 is 24.7. The number of amides is 1. The zero-order chi connectivity index (χ0) is 22.6. The second-order valence-corrected chi connectivity index (χ2v) is 8.54. The Kier molecular flexibility index (Phi) is 7.05. The van der Waals surface area contributed by atoms with E-state index in [0.29, 0.717) is 36.4 Å². The second kappa shape index (κ2) is 9.56. The van der Waals surface area contributed by atoms with E-state index in [9.17, 15) is 19.4 Å². The van der Waals surface area contributed by atoms with Crippen LogP contribution in [-0.2, 0) is 11.2 Å². The number of carbonyl (C=O) groups is 1. The summed E-state index contributed by atoms with van der Waals surface area (Å²) in [5, 5.41) is 21.1. The molecule has 2 aromatic carbocycles. The van der Waals surface area contributed by atoms with Gasteiger partial charge in [-0.05, 0) is 48.6 Å². The van der Waals surface area contributed by atoms with Gasteiger partial charge in [-0.25, -0.2) is 4.39 Å². The predicted molar refractivity (Wildman–Crippen MR) is 115 cm³/mol. The second-order valence-electron chi connectivity index (χ2n) is 8.54. The molecule has 1 amide bonds. The SMILES string of the molecule is COc1cc(CC(=O)N2CC[C@@](O)(CC(C)C)[C@@H](Oc3cccc(F)c3)C2)ccc1O. The van der Waals surface area contributed by atoms with Crippen LogP contribution in [0.2, 0.25) is 0 Å². The third-order valence-corrected chi connectivity index (χ3v) is 5.59. The maximum atomic E-state index is 13.6. The van der Waals surface area contributed by atoms with Crippen LogP contribution in [0.25, 0.3) is 0 Å². The van der Waals surface area contributed by atoms with Crippen LogP contribution < -0.4 is 9.47 Å². The number of piperidine rings is 1. The molecule has 168 valence electrons. The van der Waals surface area contributed by atoms with E-state index in [1.54, 1.807) is 29.2 Å². The maximum Gasteiger partial charge on any atom is 0.227 e. The van der Waals surface area contributed by atoms with Crippen molar-refractivity contribution >= 4 is 5.91 Å². The monoisotopic (exact) mass is 431 g/mol. The Morgan fingerprint density at radius 1 is 1.29 bits per heavy atom. The Hall–Kier alpha value is -2.80. The van der Waals surface area contributed by atoms with Crippen molar-refractivity contribution in [3.8, 4) is 17.2 Å². The first-order chi connectivity index (χ1) is 14.7. The molecule has 1 fully saturated rings. The lowest BCUT2D eigenvalue weighted by Crippen LogP contribution is -2.59. The van der Waals surface area contributed by atoms with E-state index >= 15 is 0 Å². The van der Waals surface area contributed by atoms with E-state index in [2.05, 4.69) is 0 Å². The first-order valence-electron chi connectivity index (χ1n) is 10.5. The lowest BCUT2D eigenvalue weighted by molar-refractivity contribution is -0.147. The molecule has 0 spiro atoms. The number of phenolic OH excluding ortho intramolecular Hbond substituents is 1. The van der Waals surface area contributed by atoms with E-state index in [1.165, 1.54) is 25.3 Å². The third kappa shape index (κ3) is 5.67. The van der Waals surface area contributed by atoms with Crippen LogP contribution in [0, 0.1) is 11.7 Å². The Morgan fingerprint density at radius 2 is 2.06 bits per heavy atom. The standard InChI is InChI=1S/C24H30FNO5/c1-16(2)14-24(29)9-10-26(15-22(24)31-19-6-4-5-18(25)13-19)23(28)12-17-7-8-20(27)21(11-17)30-3/h4-8,11,13,16,22,27,29H,9-10,12,14-15H2,1-3H3/t22-,24+/m0/s1. The van der Waals surface area contributed by atoms with Gasteiger partial charge in [-0.1, -0.05) is 26.0 Å². The number of methoxy groups -OCH3 is 1. The fourth-order valence-corrected chi connectivity index (χ4v) is 4.09. The average molecular weight is 432 g/mol. The topological polar surface area (TPSA) is 79.2 Å². The molecule has 31 heavy (non-hydrogen) atoms. The van der Waals surface area contributed by atoms with Crippen molar-refractivity contribution < 1.29 is 28.9 Å². The lowest BCUT2D eigenvalue weighted by atomic mass is 9.81. The van der Waals surface area contributed by atoms with E-state index in [4.69, 9.17) is 9.47 Å². The molecule has 0 bridgehead atoms. The molecule has 1 heterocycles. The van der Waals surface area contributed by atoms with Crippen molar-refractivity contribution in [2.75, 3.05) is 20.2 Å². The molecular weight excluding hydrogens is 401 g/mol. The minimum Gasteiger partial charge on any atom is -0.504 e. The summed E-state index contributed by atoms with van der Waals surface area (Å²) in [7, 11) is 1.45. The Balaban J connectivity index is 1.76. The Bertz CT molecular complexity index is 919. The molecular formula is C24H30FNO5. The fourth-order valence-electron chi connectivity index (χ4n) is 4.09. The number of hydrogen-bond acceptors (Lipinski definition) is 5. The Morgan fingerprint density at radius 3 is 2.74 bits per heavy atom. The van der Waals surface area contributed by atoms with Gasteiger partial charge < -0.3 is 24.6 Å². The lowest BCUT2D eigenvalue weighted by Gasteiger charge is -2.45. The molecule has 3 rings (SSSR count). The molecule has 0 radical (unpaired) electrons. The van der Waals surface area contributed by atoms with Gasteiger partial charge in [0.1, 0.15) is 23.3 Å². The number of likely N-dealkylation sites (tertiary alicyclic amines) is 1. The third-order valence-electron chi connectivity index (χ3n) is 5.59. The highest BCUT2D eigenvalue weighted by molar-refractivity contribution is 5.79. The van der Waals surface area contributed by atoms with Gasteiger partial charge in [0, 0.05) is 12.6 Å². The minimum atomic E-state index is -1.11. The number of carbonyl (C=O) groups excluding carboxylic acids is 1. The number of nitrogens with zero attached hydrogens (tertiary/aromatic N) is 1. The van der Waals surface area contributed by atoms with Crippen LogP contribution in [0.15, 0.2) is 42.5 Å². The molecule has 1 aliphatic heterocycles. The summed E-state index contributed by atoms with van der Waals surface area (Å²) in [6.07, 6.45) is 0.343. The number of rotatable bonds is 7. The number of hydrogen-bond donors (Lipinski definition) is 2. The molecule has 2 N–H and O–H groups in total. The molecule has 0 saturated carbocycles. The van der Waals surface area contributed by atoms with Crippen LogP contribution in [-0.4, -0.2) is 52.9 Å². The van der Waals surface area contributed by atoms with Crippen LogP contribution in [0.5, 0.6) is 17.2 Å². The number of phenols is 1. The summed E-state index contributed by atoms with van der Waals surface area (Å²) >= 11 is 0. The number of ether oxygens (including phenoxy) is 2. The van der Waals surface area contributed by atoms with Gasteiger partial charge in [-0.3, -0.25) is 4.79 Å². The van der Waals surface area contributed by atoms with Crippen molar-refractivity contribution in [2.24, 2.45) is 5.92 Å². The van der Waals surface area contributed by atoms with Crippen LogP contribution in [0.1, 0.15) is 32.3 Å². The first-order valence-corrected chi connectivity index (χ1v) is 10.5. The highest BCUT2D eigenvalue weighted by Crippen LogP contribution is 2.33. The van der Waals surface area contributed by atoms with E-state index in [-0.39, 0.29) is 30.5 Å². The van der Waals surface area contributed by atoms with E-state index in [1.807, 2.05) is 13.8 Å². The molecule has 6 nitrogen and oxygen atoms in total. The highest BCUT2D eigenvalue weighted by Gasteiger charge is 2.44. The summed E-state index contributed by atoms with van der Waals surface area (Å²) in [5.74, 6) is 0.337. The largest absolute Gasteiger partial charge is 0.504 e. The summed E-state index contributed by atoms with van der Waals surface area (Å²) in [5.41, 5.74) is -0.399. The average Bonchev–Trinajstić information content (AvgIpc) is 2.70. The molecule has 1 aliphatic rings. The van der Waals surface area contributed by atoms with Gasteiger partial charge >= 0.3 is 0 Å². The zero-order valence-electron chi connectivity index (χ0n) is 18.2. The molecule has 0 aliphatic carbocycles. The van der Waals surface area contributed by atoms with Crippen LogP contribution in [0.3, 0.4) is 0 Å². The summed E-state index contributed by atoms with van der Waals surface area (Å²) in [6, 6.07) is 10.6. The Labute approximate surface area is 182 Å². The van der Waals surface area contributed by atoms with E-state index in [0.717, 1.165) is 0 Å². The number of aliphatic hydroxyl groups is 1. The number of aromatic hydroxyl groups is 1. The highest BCUT2D eigenvalue weighted by atomic mass is 19.1. The molecule has 7 heteroatoms. The van der Waals surface area contributed by atoms with Gasteiger partial charge in [0.15, 0.2) is 11.5 Å². The van der Waals surface area contributed by atoms with Gasteiger partial charge in [-0.15, -0.1) is 0 Å². The van der Waals surface area contributed by atoms with Crippen molar-refractivity contribution in [2.45, 2.75) is 44.8 Å². The normalized spacial score (nSPS) is 21.2. The molecule has 0 aromatic heterocycles. The molecule has 1 saturated heterocycles. The van der Waals surface area contributed by atoms with Crippen LogP contribution >= 0.6 is 0 Å². The number of halogens is 1. The van der Waals surface area contributed by atoms with Crippen molar-refractivity contribution in [1.82, 2.24) is 4.90 Å². The minimum absolute atomic E-state index is 0.0129. The van der Waals surface area contributed by atoms with Gasteiger partial charge in [-0.2, -0.15) is 0 Å². The predicted octanol–water partition coefficient (Wildman–Crippen LogP) is 3.54. The summed E-state index contributed by atoms with van der Waals surface area (Å²) in [6.45, 7) is 4.65. The molecule has 2 aromatic rings. The maximum absolute atomic E-state index is 13.6. The van der Waals surface area contributed by atoms with Gasteiger partial charge in [0.05, 0.1) is 20.1 Å². The smallest absolute Gasteiger partial charge is 0.227 e. The fraction of sp³-hybridized carbons (Fsp3) is 0.458. The summed E-state index contributed by atoms with van der Waals surface area (Å²) in [4.78, 5) is 14.6. The van der Waals surface area contributed by atoms with Crippen molar-refractivity contribution in [3.63, 3.8) is 0 Å². The van der Waals surface area contributed by atoms with E-state index < -0.39 is 17.5 Å². The molecule has 0 unspecified atom stereocenters.